The predicted octanol–water partition coefficient (Wildman–Crippen LogP) is 2.94. The molecule has 0 saturated heterocycles. The van der Waals surface area contributed by atoms with Crippen LogP contribution >= 0.6 is 0 Å². The van der Waals surface area contributed by atoms with Crippen molar-refractivity contribution in [3.8, 4) is 5.75 Å². The van der Waals surface area contributed by atoms with Crippen molar-refractivity contribution >= 4 is 11.6 Å². The predicted molar refractivity (Wildman–Crippen MR) is 87.2 cm³/mol. The van der Waals surface area contributed by atoms with E-state index in [9.17, 15) is 4.79 Å². The van der Waals surface area contributed by atoms with Crippen molar-refractivity contribution in [3.05, 3.63) is 59.7 Å². The molecule has 0 spiro atoms. The molecule has 0 aliphatic rings. The van der Waals surface area contributed by atoms with E-state index in [1.807, 2.05) is 55.5 Å². The molecule has 2 rings (SSSR count). The van der Waals surface area contributed by atoms with Crippen LogP contribution in [0.25, 0.3) is 0 Å². The lowest BCUT2D eigenvalue weighted by Gasteiger charge is -2.08. The van der Waals surface area contributed by atoms with Gasteiger partial charge in [-0.3, -0.25) is 4.79 Å². The first-order chi connectivity index (χ1) is 10.7. The number of ether oxygens (including phenoxy) is 1. The molecule has 2 aromatic carbocycles. The van der Waals surface area contributed by atoms with Crippen LogP contribution in [0, 0.1) is 6.92 Å². The number of benzene rings is 2. The number of aliphatic hydroxyl groups is 1. The molecule has 0 saturated carbocycles. The van der Waals surface area contributed by atoms with E-state index < -0.39 is 0 Å². The Morgan fingerprint density at radius 1 is 1.18 bits per heavy atom. The van der Waals surface area contributed by atoms with Gasteiger partial charge in [-0.05, 0) is 48.7 Å². The maximum atomic E-state index is 11.8. The van der Waals surface area contributed by atoms with Crippen LogP contribution in [0.1, 0.15) is 17.5 Å². The van der Waals surface area contributed by atoms with Crippen molar-refractivity contribution in [2.75, 3.05) is 18.5 Å². The molecule has 2 aromatic rings. The smallest absolute Gasteiger partial charge is 0.227 e. The van der Waals surface area contributed by atoms with Gasteiger partial charge in [0.2, 0.25) is 5.91 Å². The summed E-state index contributed by atoms with van der Waals surface area (Å²) in [7, 11) is 0. The van der Waals surface area contributed by atoms with Crippen LogP contribution < -0.4 is 10.1 Å². The molecule has 0 heterocycles. The van der Waals surface area contributed by atoms with E-state index in [4.69, 9.17) is 9.84 Å². The summed E-state index contributed by atoms with van der Waals surface area (Å²) in [5.41, 5.74) is 2.93. The second-order valence-electron chi connectivity index (χ2n) is 5.13. The second-order valence-corrected chi connectivity index (χ2v) is 5.13. The zero-order chi connectivity index (χ0) is 15.8. The number of aliphatic hydroxyl groups excluding tert-OH is 1. The lowest BCUT2D eigenvalue weighted by atomic mass is 10.1. The highest BCUT2D eigenvalue weighted by atomic mass is 16.5. The number of amides is 1. The molecule has 0 unspecified atom stereocenters. The van der Waals surface area contributed by atoms with Gasteiger partial charge in [-0.25, -0.2) is 0 Å². The molecule has 4 heteroatoms. The van der Waals surface area contributed by atoms with Gasteiger partial charge in [0.25, 0.3) is 0 Å². The summed E-state index contributed by atoms with van der Waals surface area (Å²) in [4.78, 5) is 11.8. The fraction of sp³-hybridized carbons (Fsp3) is 0.278. The van der Waals surface area contributed by atoms with Gasteiger partial charge in [-0.15, -0.1) is 0 Å². The van der Waals surface area contributed by atoms with Crippen molar-refractivity contribution in [1.29, 1.82) is 0 Å². The Kier molecular flexibility index (Phi) is 5.98. The average molecular weight is 299 g/mol. The molecule has 1 amide bonds. The Morgan fingerprint density at radius 2 is 1.95 bits per heavy atom. The normalized spacial score (nSPS) is 10.3. The lowest BCUT2D eigenvalue weighted by Crippen LogP contribution is -2.15. The number of carbonyl (C=O) groups excluding carboxylic acids is 1. The minimum absolute atomic E-state index is 0.0810. The second kappa shape index (κ2) is 8.20. The van der Waals surface area contributed by atoms with Gasteiger partial charge in [0, 0.05) is 12.3 Å². The summed E-state index contributed by atoms with van der Waals surface area (Å²) in [6.07, 6.45) is 0.922. The first kappa shape index (κ1) is 16.0. The van der Waals surface area contributed by atoms with Crippen LogP contribution in [0.5, 0.6) is 5.75 Å². The number of aryl methyl sites for hydroxylation is 1. The average Bonchev–Trinajstić information content (AvgIpc) is 2.50. The Bertz CT molecular complexity index is 608. The van der Waals surface area contributed by atoms with E-state index in [0.717, 1.165) is 22.6 Å². The molecule has 0 aromatic heterocycles. The highest BCUT2D eigenvalue weighted by Gasteiger charge is 2.03. The maximum Gasteiger partial charge on any atom is 0.227 e. The van der Waals surface area contributed by atoms with Gasteiger partial charge in [0.05, 0.1) is 13.0 Å². The van der Waals surface area contributed by atoms with Crippen LogP contribution in [-0.2, 0) is 11.2 Å². The van der Waals surface area contributed by atoms with Crippen molar-refractivity contribution in [2.45, 2.75) is 19.8 Å². The molecule has 116 valence electrons. The minimum atomic E-state index is -0.0810. The Balaban J connectivity index is 1.75. The molecule has 0 radical (unpaired) electrons. The van der Waals surface area contributed by atoms with E-state index in [1.54, 1.807) is 0 Å². The van der Waals surface area contributed by atoms with Crippen LogP contribution in [-0.4, -0.2) is 24.2 Å². The summed E-state index contributed by atoms with van der Waals surface area (Å²) < 4.78 is 5.56. The molecule has 4 nitrogen and oxygen atoms in total. The molecule has 0 aliphatic heterocycles. The molecular weight excluding hydrogens is 278 g/mol. The first-order valence-corrected chi connectivity index (χ1v) is 7.36. The number of anilines is 1. The van der Waals surface area contributed by atoms with Gasteiger partial charge < -0.3 is 15.2 Å². The Hall–Kier alpha value is -2.33. The number of carbonyl (C=O) groups is 1. The molecule has 0 bridgehead atoms. The fourth-order valence-electron chi connectivity index (χ4n) is 2.07. The molecular formula is C18H21NO3. The Labute approximate surface area is 130 Å². The largest absolute Gasteiger partial charge is 0.493 e. The van der Waals surface area contributed by atoms with Gasteiger partial charge in [-0.1, -0.05) is 24.3 Å². The topological polar surface area (TPSA) is 58.6 Å². The van der Waals surface area contributed by atoms with Crippen LogP contribution in [0.4, 0.5) is 5.69 Å². The standard InChI is InChI=1S/C18H21NO3/c1-14-3-2-4-17(13-14)22-12-10-18(21)19-16-7-5-15(6-8-16)9-11-20/h2-8,13,20H,9-12H2,1H3,(H,19,21). The maximum absolute atomic E-state index is 11.8. The zero-order valence-electron chi connectivity index (χ0n) is 12.7. The number of hydrogen-bond acceptors (Lipinski definition) is 3. The third-order valence-corrected chi connectivity index (χ3v) is 3.23. The summed E-state index contributed by atoms with van der Waals surface area (Å²) in [6.45, 7) is 2.47. The van der Waals surface area contributed by atoms with Crippen molar-refractivity contribution in [2.24, 2.45) is 0 Å². The van der Waals surface area contributed by atoms with E-state index >= 15 is 0 Å². The third kappa shape index (κ3) is 5.22. The monoisotopic (exact) mass is 299 g/mol. The summed E-state index contributed by atoms with van der Waals surface area (Å²) in [5.74, 6) is 0.698. The van der Waals surface area contributed by atoms with Crippen molar-refractivity contribution < 1.29 is 14.6 Å². The van der Waals surface area contributed by atoms with E-state index in [-0.39, 0.29) is 12.5 Å². The van der Waals surface area contributed by atoms with Gasteiger partial charge >= 0.3 is 0 Å². The molecule has 0 aliphatic carbocycles. The Morgan fingerprint density at radius 3 is 2.64 bits per heavy atom. The highest BCUT2D eigenvalue weighted by molar-refractivity contribution is 5.90. The fourth-order valence-corrected chi connectivity index (χ4v) is 2.07. The quantitative estimate of drug-likeness (QED) is 0.826. The summed E-state index contributed by atoms with van der Waals surface area (Å²) in [5, 5.41) is 11.7. The summed E-state index contributed by atoms with van der Waals surface area (Å²) >= 11 is 0. The first-order valence-electron chi connectivity index (χ1n) is 7.36. The van der Waals surface area contributed by atoms with Gasteiger partial charge in [0.15, 0.2) is 0 Å². The van der Waals surface area contributed by atoms with Crippen LogP contribution in [0.15, 0.2) is 48.5 Å². The molecule has 0 fully saturated rings. The molecule has 2 N–H and O–H groups in total. The SMILES string of the molecule is Cc1cccc(OCCC(=O)Nc2ccc(CCO)cc2)c1. The molecule has 0 atom stereocenters. The van der Waals surface area contributed by atoms with Crippen molar-refractivity contribution in [3.63, 3.8) is 0 Å². The third-order valence-electron chi connectivity index (χ3n) is 3.23. The zero-order valence-corrected chi connectivity index (χ0v) is 12.7. The summed E-state index contributed by atoms with van der Waals surface area (Å²) in [6, 6.07) is 15.2. The molecule has 22 heavy (non-hydrogen) atoms. The van der Waals surface area contributed by atoms with Crippen LogP contribution in [0.2, 0.25) is 0 Å². The lowest BCUT2D eigenvalue weighted by molar-refractivity contribution is -0.116. The number of rotatable bonds is 7. The minimum Gasteiger partial charge on any atom is -0.493 e. The van der Waals surface area contributed by atoms with Gasteiger partial charge in [-0.2, -0.15) is 0 Å². The van der Waals surface area contributed by atoms with Crippen LogP contribution in [0.3, 0.4) is 0 Å². The number of hydrogen-bond donors (Lipinski definition) is 2. The van der Waals surface area contributed by atoms with Crippen molar-refractivity contribution in [1.82, 2.24) is 0 Å². The van der Waals surface area contributed by atoms with E-state index in [1.165, 1.54) is 0 Å². The van der Waals surface area contributed by atoms with E-state index in [0.29, 0.717) is 19.4 Å². The van der Waals surface area contributed by atoms with Gasteiger partial charge in [0.1, 0.15) is 5.75 Å². The highest BCUT2D eigenvalue weighted by Crippen LogP contribution is 2.13. The number of nitrogens with one attached hydrogen (secondary N) is 1. The van der Waals surface area contributed by atoms with E-state index in [2.05, 4.69) is 5.32 Å².